The second-order valence-corrected chi connectivity index (χ2v) is 2.99. The maximum atomic E-state index is 5.39. The largest absolute Gasteiger partial charge is 0.382 e. The molecule has 0 aromatic heterocycles. The van der Waals surface area contributed by atoms with Gasteiger partial charge in [-0.3, -0.25) is 0 Å². The molecule has 12 heavy (non-hydrogen) atoms. The molecule has 3 heteroatoms. The highest BCUT2D eigenvalue weighted by Gasteiger charge is 2.05. The average Bonchev–Trinajstić information content (AvgIpc) is 2.10. The second kappa shape index (κ2) is 7.53. The predicted molar refractivity (Wildman–Crippen MR) is 50.5 cm³/mol. The minimum Gasteiger partial charge on any atom is -0.382 e. The Balaban J connectivity index is 3.24. The fourth-order valence-electron chi connectivity index (χ4n) is 0.835. The maximum absolute atomic E-state index is 5.39. The lowest BCUT2D eigenvalue weighted by molar-refractivity contribution is 0.0416. The van der Waals surface area contributed by atoms with Crippen LogP contribution in [-0.2, 0) is 9.47 Å². The Morgan fingerprint density at radius 1 is 1.33 bits per heavy atom. The normalized spacial score (nSPS) is 13.8. The fourth-order valence-corrected chi connectivity index (χ4v) is 0.835. The molecule has 74 valence electrons. The van der Waals surface area contributed by atoms with Crippen molar-refractivity contribution >= 4 is 0 Å². The summed E-state index contributed by atoms with van der Waals surface area (Å²) in [5.41, 5.74) is 0. The molecule has 0 aliphatic rings. The Hall–Kier alpha value is -0.120. The van der Waals surface area contributed by atoms with Crippen LogP contribution in [0.25, 0.3) is 0 Å². The third-order valence-electron chi connectivity index (χ3n) is 2.04. The van der Waals surface area contributed by atoms with Gasteiger partial charge in [0.15, 0.2) is 0 Å². The van der Waals surface area contributed by atoms with Gasteiger partial charge in [0.1, 0.15) is 0 Å². The second-order valence-electron chi connectivity index (χ2n) is 2.99. The minimum atomic E-state index is 0.492. The molecule has 0 spiro atoms. The monoisotopic (exact) mass is 175 g/mol. The van der Waals surface area contributed by atoms with Gasteiger partial charge in [0, 0.05) is 13.2 Å². The van der Waals surface area contributed by atoms with Gasteiger partial charge in [0.2, 0.25) is 0 Å². The van der Waals surface area contributed by atoms with Gasteiger partial charge >= 0.3 is 0 Å². The van der Waals surface area contributed by atoms with Crippen molar-refractivity contribution in [2.75, 3.05) is 40.5 Å². The van der Waals surface area contributed by atoms with Gasteiger partial charge < -0.3 is 14.4 Å². The lowest BCUT2D eigenvalue weighted by Crippen LogP contribution is -2.33. The molecule has 0 amide bonds. The molecule has 0 heterocycles. The van der Waals surface area contributed by atoms with Crippen LogP contribution < -0.4 is 0 Å². The van der Waals surface area contributed by atoms with E-state index < -0.39 is 0 Å². The van der Waals surface area contributed by atoms with Gasteiger partial charge in [0.05, 0.1) is 19.8 Å². The van der Waals surface area contributed by atoms with Crippen LogP contribution in [0.4, 0.5) is 0 Å². The molecule has 0 N–H and O–H groups in total. The molecule has 0 aromatic rings. The summed E-state index contributed by atoms with van der Waals surface area (Å²) in [6.45, 7) is 7.53. The predicted octanol–water partition coefficient (Wildman–Crippen LogP) is 0.990. The van der Waals surface area contributed by atoms with Crippen LogP contribution >= 0.6 is 0 Å². The summed E-state index contributed by atoms with van der Waals surface area (Å²) in [6.07, 6.45) is 0. The van der Waals surface area contributed by atoms with Crippen LogP contribution in [-0.4, -0.2) is 51.5 Å². The lowest BCUT2D eigenvalue weighted by Gasteiger charge is -2.22. The van der Waals surface area contributed by atoms with Crippen molar-refractivity contribution in [3.8, 4) is 0 Å². The summed E-state index contributed by atoms with van der Waals surface area (Å²) in [5.74, 6) is 0. The zero-order valence-electron chi connectivity index (χ0n) is 8.67. The summed E-state index contributed by atoms with van der Waals surface area (Å²) in [7, 11) is 3.79. The van der Waals surface area contributed by atoms with E-state index in [-0.39, 0.29) is 0 Å². The molecule has 0 rings (SSSR count). The highest BCUT2D eigenvalue weighted by atomic mass is 16.5. The first kappa shape index (κ1) is 11.9. The van der Waals surface area contributed by atoms with Crippen molar-refractivity contribution in [3.63, 3.8) is 0 Å². The highest BCUT2D eigenvalue weighted by Crippen LogP contribution is 1.94. The Morgan fingerprint density at radius 2 is 2.00 bits per heavy atom. The Kier molecular flexibility index (Phi) is 7.45. The third-order valence-corrected chi connectivity index (χ3v) is 2.04. The minimum absolute atomic E-state index is 0.492. The third kappa shape index (κ3) is 5.52. The Labute approximate surface area is 75.6 Å². The van der Waals surface area contributed by atoms with Gasteiger partial charge in [-0.05, 0) is 20.5 Å². The molecular formula is C9H21NO2. The zero-order chi connectivity index (χ0) is 9.40. The summed E-state index contributed by atoms with van der Waals surface area (Å²) < 4.78 is 10.3. The number of hydrogen-bond acceptors (Lipinski definition) is 3. The average molecular weight is 175 g/mol. The molecule has 0 saturated carbocycles. The molecular weight excluding hydrogens is 154 g/mol. The van der Waals surface area contributed by atoms with E-state index >= 15 is 0 Å². The van der Waals surface area contributed by atoms with Crippen molar-refractivity contribution in [2.24, 2.45) is 0 Å². The topological polar surface area (TPSA) is 21.7 Å². The lowest BCUT2D eigenvalue weighted by atomic mass is 10.3. The molecule has 0 bridgehead atoms. The van der Waals surface area contributed by atoms with E-state index in [1.54, 1.807) is 7.11 Å². The van der Waals surface area contributed by atoms with Crippen LogP contribution in [0.2, 0.25) is 0 Å². The van der Waals surface area contributed by atoms with E-state index in [4.69, 9.17) is 9.47 Å². The fraction of sp³-hybridized carbons (Fsp3) is 1.00. The molecule has 0 saturated heterocycles. The number of nitrogens with zero attached hydrogens (tertiary/aromatic N) is 1. The maximum Gasteiger partial charge on any atom is 0.0701 e. The smallest absolute Gasteiger partial charge is 0.0701 e. The summed E-state index contributed by atoms with van der Waals surface area (Å²) in [6, 6.07) is 0.492. The number of rotatable bonds is 7. The van der Waals surface area contributed by atoms with E-state index in [0.717, 1.165) is 13.2 Å². The number of likely N-dealkylation sites (N-methyl/N-ethyl adjacent to an activating group) is 1. The highest BCUT2D eigenvalue weighted by molar-refractivity contribution is 4.59. The number of ether oxygens (including phenoxy) is 2. The van der Waals surface area contributed by atoms with Gasteiger partial charge in [0.25, 0.3) is 0 Å². The molecule has 0 aromatic carbocycles. The van der Waals surface area contributed by atoms with Crippen molar-refractivity contribution in [2.45, 2.75) is 19.9 Å². The molecule has 0 aliphatic carbocycles. The van der Waals surface area contributed by atoms with E-state index in [1.807, 2.05) is 0 Å². The molecule has 1 unspecified atom stereocenters. The van der Waals surface area contributed by atoms with Crippen molar-refractivity contribution in [1.82, 2.24) is 4.90 Å². The summed E-state index contributed by atoms with van der Waals surface area (Å²) in [5, 5.41) is 0. The van der Waals surface area contributed by atoms with Gasteiger partial charge in [-0.1, -0.05) is 6.92 Å². The van der Waals surface area contributed by atoms with E-state index in [1.165, 1.54) is 0 Å². The zero-order valence-corrected chi connectivity index (χ0v) is 8.67. The van der Waals surface area contributed by atoms with E-state index in [2.05, 4.69) is 25.8 Å². The van der Waals surface area contributed by atoms with Gasteiger partial charge in [-0.2, -0.15) is 0 Å². The molecule has 0 radical (unpaired) electrons. The van der Waals surface area contributed by atoms with Gasteiger partial charge in [-0.15, -0.1) is 0 Å². The van der Waals surface area contributed by atoms with Crippen LogP contribution in [0.1, 0.15) is 13.8 Å². The SMILES string of the molecule is CCN(C)C(C)COCCOC. The van der Waals surface area contributed by atoms with Crippen LogP contribution in [0.3, 0.4) is 0 Å². The first-order chi connectivity index (χ1) is 5.72. The molecule has 3 nitrogen and oxygen atoms in total. The first-order valence-electron chi connectivity index (χ1n) is 4.49. The quantitative estimate of drug-likeness (QED) is 0.539. The Bertz CT molecular complexity index is 98.5. The number of hydrogen-bond donors (Lipinski definition) is 0. The van der Waals surface area contributed by atoms with Gasteiger partial charge in [-0.25, -0.2) is 0 Å². The van der Waals surface area contributed by atoms with Crippen LogP contribution in [0, 0.1) is 0 Å². The molecule has 0 aliphatic heterocycles. The first-order valence-corrected chi connectivity index (χ1v) is 4.49. The van der Waals surface area contributed by atoms with Crippen LogP contribution in [0.15, 0.2) is 0 Å². The standard InChI is InChI=1S/C9H21NO2/c1-5-10(3)9(2)8-12-7-6-11-4/h9H,5-8H2,1-4H3. The van der Waals surface area contributed by atoms with Crippen molar-refractivity contribution in [3.05, 3.63) is 0 Å². The van der Waals surface area contributed by atoms with Crippen molar-refractivity contribution < 1.29 is 9.47 Å². The molecule has 0 fully saturated rings. The number of methoxy groups -OCH3 is 1. The summed E-state index contributed by atoms with van der Waals surface area (Å²) >= 11 is 0. The van der Waals surface area contributed by atoms with Crippen molar-refractivity contribution in [1.29, 1.82) is 0 Å². The summed E-state index contributed by atoms with van der Waals surface area (Å²) in [4.78, 5) is 2.26. The Morgan fingerprint density at radius 3 is 2.50 bits per heavy atom. The van der Waals surface area contributed by atoms with E-state index in [9.17, 15) is 0 Å². The van der Waals surface area contributed by atoms with E-state index in [0.29, 0.717) is 19.3 Å². The van der Waals surface area contributed by atoms with Crippen LogP contribution in [0.5, 0.6) is 0 Å². The molecule has 1 atom stereocenters.